The SMILES string of the molecule is CCCC(CC)CC(CC)CO[C]=O. The van der Waals surface area contributed by atoms with E-state index in [-0.39, 0.29) is 0 Å². The van der Waals surface area contributed by atoms with Crippen LogP contribution < -0.4 is 0 Å². The monoisotopic (exact) mass is 199 g/mol. The minimum Gasteiger partial charge on any atom is -0.457 e. The lowest BCUT2D eigenvalue weighted by Gasteiger charge is -2.20. The van der Waals surface area contributed by atoms with Gasteiger partial charge >= 0.3 is 6.47 Å². The van der Waals surface area contributed by atoms with Crippen molar-refractivity contribution < 1.29 is 9.53 Å². The number of rotatable bonds is 9. The Morgan fingerprint density at radius 1 is 1.14 bits per heavy atom. The number of hydrogen-bond donors (Lipinski definition) is 0. The maximum Gasteiger partial charge on any atom is 0.417 e. The fourth-order valence-corrected chi connectivity index (χ4v) is 1.87. The van der Waals surface area contributed by atoms with E-state index in [1.165, 1.54) is 32.2 Å². The minimum absolute atomic E-state index is 0.521. The van der Waals surface area contributed by atoms with E-state index < -0.39 is 0 Å². The van der Waals surface area contributed by atoms with Crippen LogP contribution in [-0.4, -0.2) is 13.1 Å². The molecule has 1 radical (unpaired) electrons. The normalized spacial score (nSPS) is 14.8. The lowest BCUT2D eigenvalue weighted by molar-refractivity contribution is 0.191. The van der Waals surface area contributed by atoms with Crippen LogP contribution in [0.25, 0.3) is 0 Å². The standard InChI is InChI=1S/C12H23O2/c1-4-7-11(5-2)8-12(6-3)9-14-10-13/h11-12H,4-9H2,1-3H3. The molecule has 2 unspecified atom stereocenters. The molecule has 2 nitrogen and oxygen atoms in total. The molecule has 0 rings (SSSR count). The first-order chi connectivity index (χ1) is 6.78. The fourth-order valence-electron chi connectivity index (χ4n) is 1.87. The van der Waals surface area contributed by atoms with Gasteiger partial charge in [-0.25, -0.2) is 4.79 Å². The quantitative estimate of drug-likeness (QED) is 0.569. The van der Waals surface area contributed by atoms with Crippen molar-refractivity contribution >= 4 is 6.47 Å². The summed E-state index contributed by atoms with van der Waals surface area (Å²) in [6, 6.07) is 0. The molecule has 0 saturated heterocycles. The van der Waals surface area contributed by atoms with E-state index in [0.717, 1.165) is 12.3 Å². The van der Waals surface area contributed by atoms with Crippen LogP contribution in [0.15, 0.2) is 0 Å². The van der Waals surface area contributed by atoms with Crippen molar-refractivity contribution in [2.24, 2.45) is 11.8 Å². The largest absolute Gasteiger partial charge is 0.457 e. The van der Waals surface area contributed by atoms with Crippen LogP contribution in [0.2, 0.25) is 0 Å². The minimum atomic E-state index is 0.521. The molecule has 0 saturated carbocycles. The lowest BCUT2D eigenvalue weighted by atomic mass is 9.88. The first-order valence-electron chi connectivity index (χ1n) is 5.77. The van der Waals surface area contributed by atoms with Gasteiger partial charge in [-0.05, 0) is 18.3 Å². The molecule has 0 aromatic heterocycles. The second kappa shape index (κ2) is 9.04. The highest BCUT2D eigenvalue weighted by molar-refractivity contribution is 5.38. The van der Waals surface area contributed by atoms with Gasteiger partial charge in [0.15, 0.2) is 0 Å². The molecule has 0 fully saturated rings. The van der Waals surface area contributed by atoms with Crippen LogP contribution in [0.1, 0.15) is 52.9 Å². The molecule has 0 aromatic carbocycles. The molecule has 2 heteroatoms. The van der Waals surface area contributed by atoms with Gasteiger partial charge < -0.3 is 4.74 Å². The van der Waals surface area contributed by atoms with Gasteiger partial charge in [0, 0.05) is 0 Å². The smallest absolute Gasteiger partial charge is 0.417 e. The van der Waals surface area contributed by atoms with Gasteiger partial charge in [-0.3, -0.25) is 0 Å². The van der Waals surface area contributed by atoms with Crippen molar-refractivity contribution in [3.8, 4) is 0 Å². The summed E-state index contributed by atoms with van der Waals surface area (Å²) in [4.78, 5) is 9.96. The van der Waals surface area contributed by atoms with Crippen molar-refractivity contribution in [3.05, 3.63) is 0 Å². The average molecular weight is 199 g/mol. The highest BCUT2D eigenvalue weighted by Gasteiger charge is 2.13. The topological polar surface area (TPSA) is 26.3 Å². The molecule has 0 aliphatic heterocycles. The van der Waals surface area contributed by atoms with Crippen molar-refractivity contribution in [2.75, 3.05) is 6.61 Å². The zero-order valence-electron chi connectivity index (χ0n) is 9.71. The third-order valence-corrected chi connectivity index (χ3v) is 2.90. The molecule has 83 valence electrons. The molecule has 0 bridgehead atoms. The van der Waals surface area contributed by atoms with Crippen LogP contribution in [0.3, 0.4) is 0 Å². The molecule has 0 aromatic rings. The van der Waals surface area contributed by atoms with Gasteiger partial charge in [0.1, 0.15) is 0 Å². The first kappa shape index (κ1) is 13.5. The highest BCUT2D eigenvalue weighted by atomic mass is 16.5. The molecule has 0 heterocycles. The van der Waals surface area contributed by atoms with E-state index in [0.29, 0.717) is 12.5 Å². The molecule has 0 spiro atoms. The Labute approximate surface area is 88.0 Å². The second-order valence-electron chi connectivity index (χ2n) is 3.97. The van der Waals surface area contributed by atoms with E-state index in [4.69, 9.17) is 4.74 Å². The van der Waals surface area contributed by atoms with Crippen molar-refractivity contribution in [2.45, 2.75) is 52.9 Å². The molecular formula is C12H23O2. The molecule has 0 amide bonds. The Morgan fingerprint density at radius 2 is 1.79 bits per heavy atom. The molecule has 14 heavy (non-hydrogen) atoms. The van der Waals surface area contributed by atoms with E-state index >= 15 is 0 Å². The Hall–Kier alpha value is -0.530. The van der Waals surface area contributed by atoms with E-state index in [2.05, 4.69) is 20.8 Å². The van der Waals surface area contributed by atoms with Gasteiger partial charge in [0.05, 0.1) is 6.61 Å². The van der Waals surface area contributed by atoms with Crippen molar-refractivity contribution in [1.29, 1.82) is 0 Å². The predicted octanol–water partition coefficient (Wildman–Crippen LogP) is 3.31. The van der Waals surface area contributed by atoms with Gasteiger partial charge in [-0.2, -0.15) is 0 Å². The first-order valence-corrected chi connectivity index (χ1v) is 5.77. The van der Waals surface area contributed by atoms with Crippen LogP contribution in [-0.2, 0) is 9.53 Å². The van der Waals surface area contributed by atoms with Crippen LogP contribution in [0.4, 0.5) is 0 Å². The summed E-state index contributed by atoms with van der Waals surface area (Å²) >= 11 is 0. The maximum absolute atomic E-state index is 9.96. The molecular weight excluding hydrogens is 176 g/mol. The summed E-state index contributed by atoms with van der Waals surface area (Å²) in [6.07, 6.45) is 6.03. The maximum atomic E-state index is 9.96. The van der Waals surface area contributed by atoms with Crippen molar-refractivity contribution in [1.82, 2.24) is 0 Å². The average Bonchev–Trinajstić information content (AvgIpc) is 2.22. The summed E-state index contributed by atoms with van der Waals surface area (Å²) in [5.74, 6) is 1.31. The van der Waals surface area contributed by atoms with Gasteiger partial charge in [0.2, 0.25) is 0 Å². The van der Waals surface area contributed by atoms with Crippen LogP contribution >= 0.6 is 0 Å². The highest BCUT2D eigenvalue weighted by Crippen LogP contribution is 2.22. The van der Waals surface area contributed by atoms with E-state index in [1.54, 1.807) is 0 Å². The van der Waals surface area contributed by atoms with Crippen molar-refractivity contribution in [3.63, 3.8) is 0 Å². The summed E-state index contributed by atoms with van der Waals surface area (Å²) in [5.41, 5.74) is 0. The Balaban J connectivity index is 3.80. The fraction of sp³-hybridized carbons (Fsp3) is 0.917. The number of hydrogen-bond acceptors (Lipinski definition) is 2. The Kier molecular flexibility index (Phi) is 8.70. The van der Waals surface area contributed by atoms with Crippen LogP contribution in [0, 0.1) is 11.8 Å². The predicted molar refractivity (Wildman–Crippen MR) is 58.7 cm³/mol. The summed E-state index contributed by atoms with van der Waals surface area (Å²) in [6.45, 7) is 8.66. The molecule has 2 atom stereocenters. The third kappa shape index (κ3) is 6.01. The number of carbonyl (C=O) groups excluding carboxylic acids is 1. The van der Waals surface area contributed by atoms with Gasteiger partial charge in [0.25, 0.3) is 0 Å². The van der Waals surface area contributed by atoms with E-state index in [9.17, 15) is 4.79 Å². The summed E-state index contributed by atoms with van der Waals surface area (Å²) in [5, 5.41) is 0. The van der Waals surface area contributed by atoms with Gasteiger partial charge in [-0.1, -0.05) is 46.5 Å². The van der Waals surface area contributed by atoms with Gasteiger partial charge in [-0.15, -0.1) is 0 Å². The molecule has 0 N–H and O–H groups in total. The zero-order chi connectivity index (χ0) is 10.8. The van der Waals surface area contributed by atoms with Crippen LogP contribution in [0.5, 0.6) is 0 Å². The van der Waals surface area contributed by atoms with E-state index in [1.807, 2.05) is 0 Å². The summed E-state index contributed by atoms with van der Waals surface area (Å²) in [7, 11) is 0. The zero-order valence-corrected chi connectivity index (χ0v) is 9.71. The second-order valence-corrected chi connectivity index (χ2v) is 3.97. The Morgan fingerprint density at radius 3 is 2.21 bits per heavy atom. The Bertz CT molecular complexity index is 134. The molecule has 0 aliphatic carbocycles. The molecule has 0 aliphatic rings. The summed E-state index contributed by atoms with van der Waals surface area (Å²) < 4.78 is 4.70. The number of ether oxygens (including phenoxy) is 1. The third-order valence-electron chi connectivity index (χ3n) is 2.90. The lowest BCUT2D eigenvalue weighted by Crippen LogP contribution is -2.13.